The van der Waals surface area contributed by atoms with Crippen molar-refractivity contribution < 1.29 is 14.7 Å². The summed E-state index contributed by atoms with van der Waals surface area (Å²) in [7, 11) is 0. The number of nitrogens with zero attached hydrogens (tertiary/aromatic N) is 1. The molecule has 1 N–H and O–H groups in total. The molecule has 2 aromatic rings. The predicted molar refractivity (Wildman–Crippen MR) is 120 cm³/mol. The summed E-state index contributed by atoms with van der Waals surface area (Å²) in [5, 5.41) is 10.7. The van der Waals surface area contributed by atoms with Gasteiger partial charge in [0.1, 0.15) is 0 Å². The van der Waals surface area contributed by atoms with Crippen molar-refractivity contribution in [2.24, 2.45) is 5.92 Å². The highest BCUT2D eigenvalue weighted by molar-refractivity contribution is 6.30. The maximum Gasteiger partial charge on any atom is 0.304 e. The number of hydrogen-bond donors (Lipinski definition) is 1. The summed E-state index contributed by atoms with van der Waals surface area (Å²) in [6.07, 6.45) is 1.90. The van der Waals surface area contributed by atoms with Gasteiger partial charge in [-0.25, -0.2) is 0 Å². The summed E-state index contributed by atoms with van der Waals surface area (Å²) in [4.78, 5) is 27.0. The van der Waals surface area contributed by atoms with Gasteiger partial charge in [-0.15, -0.1) is 0 Å². The molecule has 0 aliphatic carbocycles. The smallest absolute Gasteiger partial charge is 0.304 e. The van der Waals surface area contributed by atoms with Gasteiger partial charge in [0, 0.05) is 27.9 Å². The van der Waals surface area contributed by atoms with Crippen molar-refractivity contribution in [2.75, 3.05) is 0 Å². The number of aliphatic carboxylic acids is 1. The molecule has 4 nitrogen and oxygen atoms in total. The molecule has 0 saturated carbocycles. The second kappa shape index (κ2) is 9.84. The highest BCUT2D eigenvalue weighted by Gasteiger charge is 2.45. The van der Waals surface area contributed by atoms with Crippen LogP contribution in [0, 0.1) is 5.92 Å². The zero-order chi connectivity index (χ0) is 21.8. The Morgan fingerprint density at radius 3 is 2.30 bits per heavy atom. The van der Waals surface area contributed by atoms with Crippen LogP contribution in [0.4, 0.5) is 0 Å². The van der Waals surface area contributed by atoms with Crippen molar-refractivity contribution >= 4 is 35.1 Å². The van der Waals surface area contributed by atoms with Gasteiger partial charge in [-0.05, 0) is 54.7 Å². The summed E-state index contributed by atoms with van der Waals surface area (Å²) in [6.45, 7) is 4.13. The van der Waals surface area contributed by atoms with E-state index in [1.807, 2.05) is 53.4 Å². The standard InChI is InChI=1S/C24H27Cl2NO3/c1-3-20(4-2)27-23(15-8-10-18(25)11-9-15)21(16-6-5-7-19(26)12-16)13-17(24(27)30)14-22(28)29/h5-12,17,20-21,23H,3-4,13-14H2,1-2H3,(H,28,29). The molecule has 0 radical (unpaired) electrons. The minimum absolute atomic E-state index is 0.0245. The minimum Gasteiger partial charge on any atom is -0.481 e. The number of benzene rings is 2. The lowest BCUT2D eigenvalue weighted by Crippen LogP contribution is -2.51. The summed E-state index contributed by atoms with van der Waals surface area (Å²) in [6, 6.07) is 15.1. The van der Waals surface area contributed by atoms with Gasteiger partial charge < -0.3 is 10.0 Å². The molecule has 1 amide bonds. The molecule has 1 aliphatic rings. The van der Waals surface area contributed by atoms with Gasteiger partial charge in [-0.3, -0.25) is 9.59 Å². The average molecular weight is 448 g/mol. The maximum absolute atomic E-state index is 13.5. The normalized spacial score (nSPS) is 21.8. The van der Waals surface area contributed by atoms with Gasteiger partial charge in [0.05, 0.1) is 12.5 Å². The Balaban J connectivity index is 2.16. The number of rotatable bonds is 7. The van der Waals surface area contributed by atoms with Crippen molar-refractivity contribution in [3.05, 3.63) is 69.7 Å². The van der Waals surface area contributed by atoms with Crippen LogP contribution in [0.15, 0.2) is 48.5 Å². The third kappa shape index (κ3) is 4.81. The summed E-state index contributed by atoms with van der Waals surface area (Å²) in [5.41, 5.74) is 2.01. The van der Waals surface area contributed by atoms with Gasteiger partial charge in [-0.2, -0.15) is 0 Å². The van der Waals surface area contributed by atoms with E-state index in [0.717, 1.165) is 24.0 Å². The lowest BCUT2D eigenvalue weighted by atomic mass is 9.74. The van der Waals surface area contributed by atoms with Crippen LogP contribution in [0.3, 0.4) is 0 Å². The number of hydrogen-bond acceptors (Lipinski definition) is 2. The number of carboxylic acids is 1. The number of piperidine rings is 1. The first-order valence-electron chi connectivity index (χ1n) is 10.4. The summed E-state index contributed by atoms with van der Waals surface area (Å²) in [5.74, 6) is -1.65. The summed E-state index contributed by atoms with van der Waals surface area (Å²) < 4.78 is 0. The van der Waals surface area contributed by atoms with Crippen molar-refractivity contribution in [3.63, 3.8) is 0 Å². The van der Waals surface area contributed by atoms with E-state index in [1.54, 1.807) is 0 Å². The quantitative estimate of drug-likeness (QED) is 0.539. The minimum atomic E-state index is -0.951. The molecule has 1 heterocycles. The lowest BCUT2D eigenvalue weighted by molar-refractivity contribution is -0.152. The van der Waals surface area contributed by atoms with Gasteiger partial charge >= 0.3 is 5.97 Å². The molecule has 30 heavy (non-hydrogen) atoms. The SMILES string of the molecule is CCC(CC)N1C(=O)C(CC(=O)O)CC(c2cccc(Cl)c2)C1c1ccc(Cl)cc1. The molecule has 1 saturated heterocycles. The predicted octanol–water partition coefficient (Wildman–Crippen LogP) is 6.33. The van der Waals surface area contributed by atoms with Crippen molar-refractivity contribution in [1.82, 2.24) is 4.90 Å². The molecule has 3 atom stereocenters. The van der Waals surface area contributed by atoms with Gasteiger partial charge in [-0.1, -0.05) is 61.3 Å². The van der Waals surface area contributed by atoms with Crippen molar-refractivity contribution in [3.8, 4) is 0 Å². The third-order valence-corrected chi connectivity index (χ3v) is 6.56. The van der Waals surface area contributed by atoms with Crippen LogP contribution in [0.1, 0.15) is 62.6 Å². The molecule has 0 aromatic heterocycles. The van der Waals surface area contributed by atoms with Crippen LogP contribution in [-0.2, 0) is 9.59 Å². The van der Waals surface area contributed by atoms with Crippen LogP contribution in [-0.4, -0.2) is 27.9 Å². The highest BCUT2D eigenvalue weighted by Crippen LogP contribution is 2.47. The molecule has 2 aromatic carbocycles. The van der Waals surface area contributed by atoms with E-state index in [9.17, 15) is 14.7 Å². The van der Waals surface area contributed by atoms with Crippen molar-refractivity contribution in [2.45, 2.75) is 57.5 Å². The maximum atomic E-state index is 13.5. The van der Waals surface area contributed by atoms with Crippen LogP contribution < -0.4 is 0 Å². The number of halogens is 2. The van der Waals surface area contributed by atoms with Crippen molar-refractivity contribution in [1.29, 1.82) is 0 Å². The number of likely N-dealkylation sites (tertiary alicyclic amines) is 1. The van der Waals surface area contributed by atoms with Gasteiger partial charge in [0.15, 0.2) is 0 Å². The Bertz CT molecular complexity index is 896. The first kappa shape index (κ1) is 22.6. The Morgan fingerprint density at radius 1 is 1.07 bits per heavy atom. The molecule has 1 aliphatic heterocycles. The first-order chi connectivity index (χ1) is 14.3. The monoisotopic (exact) mass is 447 g/mol. The van der Waals surface area contributed by atoms with Crippen LogP contribution in [0.5, 0.6) is 0 Å². The fraction of sp³-hybridized carbons (Fsp3) is 0.417. The Hall–Kier alpha value is -2.04. The molecule has 6 heteroatoms. The van der Waals surface area contributed by atoms with Crippen LogP contribution in [0.25, 0.3) is 0 Å². The zero-order valence-electron chi connectivity index (χ0n) is 17.2. The molecule has 3 unspecified atom stereocenters. The summed E-state index contributed by atoms with van der Waals surface area (Å²) >= 11 is 12.4. The topological polar surface area (TPSA) is 57.6 Å². The van der Waals surface area contributed by atoms with Gasteiger partial charge in [0.25, 0.3) is 0 Å². The van der Waals surface area contributed by atoms with E-state index in [4.69, 9.17) is 23.2 Å². The second-order valence-electron chi connectivity index (χ2n) is 7.90. The van der Waals surface area contributed by atoms with E-state index in [1.165, 1.54) is 0 Å². The van der Waals surface area contributed by atoms with Crippen LogP contribution in [0.2, 0.25) is 10.0 Å². The molecular formula is C24H27Cl2NO3. The van der Waals surface area contributed by atoms with Crippen LogP contribution >= 0.6 is 23.2 Å². The fourth-order valence-corrected chi connectivity index (χ4v) is 4.98. The molecule has 3 rings (SSSR count). The van der Waals surface area contributed by atoms with E-state index in [2.05, 4.69) is 13.8 Å². The largest absolute Gasteiger partial charge is 0.481 e. The van der Waals surface area contributed by atoms with Gasteiger partial charge in [0.2, 0.25) is 5.91 Å². The molecule has 0 bridgehead atoms. The third-order valence-electron chi connectivity index (χ3n) is 6.07. The molecule has 1 fully saturated rings. The molecule has 0 spiro atoms. The first-order valence-corrected chi connectivity index (χ1v) is 11.2. The average Bonchev–Trinajstić information content (AvgIpc) is 2.71. The fourth-order valence-electron chi connectivity index (χ4n) is 4.66. The highest BCUT2D eigenvalue weighted by atomic mass is 35.5. The Kier molecular flexibility index (Phi) is 7.43. The Morgan fingerprint density at radius 2 is 1.73 bits per heavy atom. The number of amides is 1. The van der Waals surface area contributed by atoms with E-state index in [0.29, 0.717) is 16.5 Å². The van der Waals surface area contributed by atoms with E-state index in [-0.39, 0.29) is 30.3 Å². The lowest BCUT2D eigenvalue weighted by Gasteiger charge is -2.48. The second-order valence-corrected chi connectivity index (χ2v) is 8.78. The van der Waals surface area contributed by atoms with E-state index < -0.39 is 11.9 Å². The zero-order valence-corrected chi connectivity index (χ0v) is 18.7. The Labute approximate surface area is 187 Å². The molecular weight excluding hydrogens is 421 g/mol. The molecule has 160 valence electrons. The number of carbonyl (C=O) groups excluding carboxylic acids is 1. The number of carboxylic acid groups (broad SMARTS) is 1. The van der Waals surface area contributed by atoms with E-state index >= 15 is 0 Å². The number of carbonyl (C=O) groups is 2.